The van der Waals surface area contributed by atoms with Crippen molar-refractivity contribution in [2.45, 2.75) is 12.8 Å². The lowest BCUT2D eigenvalue weighted by Gasteiger charge is -2.27. The van der Waals surface area contributed by atoms with E-state index in [1.165, 1.54) is 25.9 Å². The largest absolute Gasteiger partial charge is 0.378 e. The molecule has 1 amide bonds. The molecule has 0 saturated carbocycles. The van der Waals surface area contributed by atoms with E-state index >= 15 is 0 Å². The molecule has 3 rings (SSSR count). The number of ether oxygens (including phenoxy) is 1. The number of rotatable bonds is 5. The summed E-state index contributed by atoms with van der Waals surface area (Å²) in [6.45, 7) is 6.98. The average molecular weight is 318 g/mol. The Bertz CT molecular complexity index is 525. The lowest BCUT2D eigenvalue weighted by atomic mass is 10.2. The van der Waals surface area contributed by atoms with E-state index in [2.05, 4.69) is 14.8 Å². The van der Waals surface area contributed by atoms with Gasteiger partial charge < -0.3 is 19.4 Å². The molecule has 2 aliphatic heterocycles. The zero-order valence-electron chi connectivity index (χ0n) is 13.9. The van der Waals surface area contributed by atoms with E-state index in [0.29, 0.717) is 31.9 Å². The van der Waals surface area contributed by atoms with Gasteiger partial charge in [0.25, 0.3) is 5.91 Å². The molecule has 6 heteroatoms. The highest BCUT2D eigenvalue weighted by molar-refractivity contribution is 5.94. The Hall–Kier alpha value is -1.66. The first-order valence-electron chi connectivity index (χ1n) is 8.50. The second kappa shape index (κ2) is 7.75. The van der Waals surface area contributed by atoms with Crippen molar-refractivity contribution < 1.29 is 9.53 Å². The molecule has 2 saturated heterocycles. The van der Waals surface area contributed by atoms with Gasteiger partial charge in [0.1, 0.15) is 5.82 Å². The van der Waals surface area contributed by atoms with Crippen molar-refractivity contribution in [1.29, 1.82) is 0 Å². The molecule has 23 heavy (non-hydrogen) atoms. The molecule has 1 aromatic rings. The van der Waals surface area contributed by atoms with Gasteiger partial charge in [-0.2, -0.15) is 0 Å². The molecule has 0 spiro atoms. The number of likely N-dealkylation sites (N-methyl/N-ethyl adjacent to an activating group) is 1. The Morgan fingerprint density at radius 3 is 2.74 bits per heavy atom. The van der Waals surface area contributed by atoms with Gasteiger partial charge in [-0.05, 0) is 38.1 Å². The summed E-state index contributed by atoms with van der Waals surface area (Å²) in [6, 6.07) is 3.71. The minimum atomic E-state index is 0.0740. The number of aromatic nitrogens is 1. The van der Waals surface area contributed by atoms with Gasteiger partial charge >= 0.3 is 0 Å². The molecule has 6 nitrogen and oxygen atoms in total. The summed E-state index contributed by atoms with van der Waals surface area (Å²) < 4.78 is 5.31. The predicted molar refractivity (Wildman–Crippen MR) is 89.9 cm³/mol. The van der Waals surface area contributed by atoms with Gasteiger partial charge in [0.15, 0.2) is 0 Å². The Kier molecular flexibility index (Phi) is 5.46. The number of carbonyl (C=O) groups is 1. The van der Waals surface area contributed by atoms with Crippen LogP contribution in [0.15, 0.2) is 18.3 Å². The molecule has 0 N–H and O–H groups in total. The summed E-state index contributed by atoms with van der Waals surface area (Å²) >= 11 is 0. The van der Waals surface area contributed by atoms with E-state index in [1.807, 2.05) is 18.0 Å². The molecule has 3 heterocycles. The molecule has 1 aromatic heterocycles. The van der Waals surface area contributed by atoms with Crippen molar-refractivity contribution in [3.05, 3.63) is 23.9 Å². The van der Waals surface area contributed by atoms with E-state index in [1.54, 1.807) is 12.3 Å². The van der Waals surface area contributed by atoms with Crippen LogP contribution in [0.3, 0.4) is 0 Å². The van der Waals surface area contributed by atoms with E-state index in [9.17, 15) is 4.79 Å². The highest BCUT2D eigenvalue weighted by Gasteiger charge is 2.19. The van der Waals surface area contributed by atoms with Gasteiger partial charge in [-0.15, -0.1) is 0 Å². The fourth-order valence-electron chi connectivity index (χ4n) is 3.12. The number of morpholine rings is 1. The third-order valence-corrected chi connectivity index (χ3v) is 4.63. The second-order valence-corrected chi connectivity index (χ2v) is 6.28. The Balaban J connectivity index is 1.60. The lowest BCUT2D eigenvalue weighted by molar-refractivity contribution is 0.0303. The monoisotopic (exact) mass is 318 g/mol. The van der Waals surface area contributed by atoms with Gasteiger partial charge in [0, 0.05) is 45.0 Å². The molecular weight excluding hydrogens is 292 g/mol. The highest BCUT2D eigenvalue weighted by atomic mass is 16.5. The number of pyridine rings is 1. The molecule has 0 atom stereocenters. The summed E-state index contributed by atoms with van der Waals surface area (Å²) in [6.07, 6.45) is 4.35. The maximum Gasteiger partial charge on any atom is 0.254 e. The summed E-state index contributed by atoms with van der Waals surface area (Å²) in [5.41, 5.74) is 0.713. The van der Waals surface area contributed by atoms with Crippen molar-refractivity contribution in [3.63, 3.8) is 0 Å². The van der Waals surface area contributed by atoms with Crippen molar-refractivity contribution >= 4 is 11.7 Å². The van der Waals surface area contributed by atoms with Crippen LogP contribution in [0.1, 0.15) is 23.2 Å². The van der Waals surface area contributed by atoms with Crippen LogP contribution in [0.5, 0.6) is 0 Å². The average Bonchev–Trinajstić information content (AvgIpc) is 3.13. The maximum atomic E-state index is 12.6. The molecule has 2 fully saturated rings. The third kappa shape index (κ3) is 4.20. The summed E-state index contributed by atoms with van der Waals surface area (Å²) in [5.74, 6) is 0.938. The molecule has 2 aliphatic rings. The van der Waals surface area contributed by atoms with Crippen molar-refractivity contribution in [3.8, 4) is 0 Å². The zero-order chi connectivity index (χ0) is 16.1. The summed E-state index contributed by atoms with van der Waals surface area (Å²) in [4.78, 5) is 23.5. The third-order valence-electron chi connectivity index (χ3n) is 4.63. The van der Waals surface area contributed by atoms with Gasteiger partial charge in [0.05, 0.1) is 13.2 Å². The number of amides is 1. The smallest absolute Gasteiger partial charge is 0.254 e. The standard InChI is InChI=1S/C17H26N4O2/c1-19(8-9-20-6-2-3-7-20)16-14-15(4-5-18-16)17(22)21-10-12-23-13-11-21/h4-5,14H,2-3,6-13H2,1H3. The molecular formula is C17H26N4O2. The van der Waals surface area contributed by atoms with Gasteiger partial charge in [-0.3, -0.25) is 4.79 Å². The predicted octanol–water partition coefficient (Wildman–Crippen LogP) is 1.09. The highest BCUT2D eigenvalue weighted by Crippen LogP contribution is 2.15. The second-order valence-electron chi connectivity index (χ2n) is 6.28. The van der Waals surface area contributed by atoms with Crippen LogP contribution in [0.25, 0.3) is 0 Å². The van der Waals surface area contributed by atoms with Crippen LogP contribution in [-0.4, -0.2) is 80.2 Å². The van der Waals surface area contributed by atoms with Crippen molar-refractivity contribution in [1.82, 2.24) is 14.8 Å². The number of anilines is 1. The summed E-state index contributed by atoms with van der Waals surface area (Å²) in [7, 11) is 2.04. The Morgan fingerprint density at radius 1 is 1.26 bits per heavy atom. The minimum Gasteiger partial charge on any atom is -0.378 e. The van der Waals surface area contributed by atoms with Crippen LogP contribution in [0, 0.1) is 0 Å². The van der Waals surface area contributed by atoms with Crippen LogP contribution >= 0.6 is 0 Å². The topological polar surface area (TPSA) is 48.9 Å². The molecule has 0 aliphatic carbocycles. The normalized spacial score (nSPS) is 19.1. The number of likely N-dealkylation sites (tertiary alicyclic amines) is 1. The number of carbonyl (C=O) groups excluding carboxylic acids is 1. The number of nitrogens with zero attached hydrogens (tertiary/aromatic N) is 4. The zero-order valence-corrected chi connectivity index (χ0v) is 13.9. The molecule has 0 aromatic carbocycles. The van der Waals surface area contributed by atoms with Crippen molar-refractivity contribution in [2.75, 3.05) is 64.4 Å². The number of hydrogen-bond acceptors (Lipinski definition) is 5. The van der Waals surface area contributed by atoms with Crippen LogP contribution in [0.2, 0.25) is 0 Å². The van der Waals surface area contributed by atoms with Crippen LogP contribution in [-0.2, 0) is 4.74 Å². The molecule has 0 radical (unpaired) electrons. The molecule has 0 bridgehead atoms. The SMILES string of the molecule is CN(CCN1CCCC1)c1cc(C(=O)N2CCOCC2)ccn1. The van der Waals surface area contributed by atoms with E-state index in [0.717, 1.165) is 18.9 Å². The van der Waals surface area contributed by atoms with E-state index in [4.69, 9.17) is 4.74 Å². The van der Waals surface area contributed by atoms with Crippen molar-refractivity contribution in [2.24, 2.45) is 0 Å². The van der Waals surface area contributed by atoms with Crippen LogP contribution in [0.4, 0.5) is 5.82 Å². The molecule has 0 unspecified atom stereocenters. The van der Waals surface area contributed by atoms with Gasteiger partial charge in [-0.25, -0.2) is 4.98 Å². The maximum absolute atomic E-state index is 12.6. The summed E-state index contributed by atoms with van der Waals surface area (Å²) in [5, 5.41) is 0. The van der Waals surface area contributed by atoms with Crippen LogP contribution < -0.4 is 4.90 Å². The first-order valence-corrected chi connectivity index (χ1v) is 8.50. The fourth-order valence-corrected chi connectivity index (χ4v) is 3.12. The quantitative estimate of drug-likeness (QED) is 0.813. The van der Waals surface area contributed by atoms with Gasteiger partial charge in [0.2, 0.25) is 0 Å². The van der Waals surface area contributed by atoms with E-state index in [-0.39, 0.29) is 5.91 Å². The first-order chi connectivity index (χ1) is 11.2. The molecule has 126 valence electrons. The first kappa shape index (κ1) is 16.2. The van der Waals surface area contributed by atoms with Gasteiger partial charge in [-0.1, -0.05) is 0 Å². The Labute approximate surface area is 138 Å². The fraction of sp³-hybridized carbons (Fsp3) is 0.647. The van der Waals surface area contributed by atoms with E-state index < -0.39 is 0 Å². The Morgan fingerprint density at radius 2 is 2.00 bits per heavy atom. The lowest BCUT2D eigenvalue weighted by Crippen LogP contribution is -2.40. The minimum absolute atomic E-state index is 0.0740. The number of hydrogen-bond donors (Lipinski definition) is 0.